The molecule has 1 atom stereocenters. The van der Waals surface area contributed by atoms with Gasteiger partial charge in [-0.25, -0.2) is 0 Å². The minimum atomic E-state index is -0.458. The molecule has 0 unspecified atom stereocenters. The Kier molecular flexibility index (Phi) is 5.01. The predicted octanol–water partition coefficient (Wildman–Crippen LogP) is 1.78. The number of nitrogens with zero attached hydrogens (tertiary/aromatic N) is 1. The molecule has 0 fully saturated rings. The molecule has 0 radical (unpaired) electrons. The third kappa shape index (κ3) is 4.04. The SMILES string of the molecule is C=CCN(C(=O)[C@@H](N)C(C)(C)C)C(C)C. The first kappa shape index (κ1) is 14.2. The number of hydrogen-bond acceptors (Lipinski definition) is 2. The number of carbonyl (C=O) groups is 1. The second kappa shape index (κ2) is 5.31. The lowest BCUT2D eigenvalue weighted by molar-refractivity contribution is -0.136. The number of rotatable bonds is 4. The first-order valence-electron chi connectivity index (χ1n) is 5.38. The molecular weight excluding hydrogens is 188 g/mol. The van der Waals surface area contributed by atoms with Crippen molar-refractivity contribution in [2.45, 2.75) is 46.7 Å². The topological polar surface area (TPSA) is 46.3 Å². The van der Waals surface area contributed by atoms with E-state index in [1.165, 1.54) is 0 Å². The van der Waals surface area contributed by atoms with E-state index < -0.39 is 6.04 Å². The van der Waals surface area contributed by atoms with Gasteiger partial charge in [0.2, 0.25) is 5.91 Å². The van der Waals surface area contributed by atoms with E-state index in [0.717, 1.165) is 0 Å². The molecule has 88 valence electrons. The van der Waals surface area contributed by atoms with E-state index in [2.05, 4.69) is 6.58 Å². The third-order valence-corrected chi connectivity index (χ3v) is 2.43. The van der Waals surface area contributed by atoms with Crippen molar-refractivity contribution >= 4 is 5.91 Å². The van der Waals surface area contributed by atoms with Gasteiger partial charge in [0.05, 0.1) is 6.04 Å². The van der Waals surface area contributed by atoms with Gasteiger partial charge in [0.1, 0.15) is 0 Å². The number of amides is 1. The monoisotopic (exact) mass is 212 g/mol. The fourth-order valence-electron chi connectivity index (χ4n) is 1.24. The van der Waals surface area contributed by atoms with Crippen molar-refractivity contribution in [3.63, 3.8) is 0 Å². The molecule has 0 saturated heterocycles. The fraction of sp³-hybridized carbons (Fsp3) is 0.750. The molecule has 1 amide bonds. The largest absolute Gasteiger partial charge is 0.335 e. The maximum atomic E-state index is 12.1. The highest BCUT2D eigenvalue weighted by Gasteiger charge is 2.31. The Labute approximate surface area is 93.3 Å². The Hall–Kier alpha value is -0.830. The van der Waals surface area contributed by atoms with Crippen molar-refractivity contribution in [1.82, 2.24) is 4.90 Å². The van der Waals surface area contributed by atoms with Gasteiger partial charge in [-0.3, -0.25) is 4.79 Å². The van der Waals surface area contributed by atoms with E-state index >= 15 is 0 Å². The van der Waals surface area contributed by atoms with Crippen molar-refractivity contribution in [3.8, 4) is 0 Å². The predicted molar refractivity (Wildman–Crippen MR) is 64.5 cm³/mol. The summed E-state index contributed by atoms with van der Waals surface area (Å²) in [5.74, 6) is -0.00241. The first-order valence-corrected chi connectivity index (χ1v) is 5.38. The van der Waals surface area contributed by atoms with Gasteiger partial charge in [-0.05, 0) is 19.3 Å². The van der Waals surface area contributed by atoms with Gasteiger partial charge in [0.25, 0.3) is 0 Å². The number of hydrogen-bond donors (Lipinski definition) is 1. The Morgan fingerprint density at radius 2 is 1.93 bits per heavy atom. The molecule has 0 aliphatic rings. The summed E-state index contributed by atoms with van der Waals surface area (Å²) in [5.41, 5.74) is 5.73. The molecule has 3 heteroatoms. The van der Waals surface area contributed by atoms with Crippen LogP contribution >= 0.6 is 0 Å². The van der Waals surface area contributed by atoms with Crippen LogP contribution in [0.4, 0.5) is 0 Å². The van der Waals surface area contributed by atoms with Crippen LogP contribution in [0.2, 0.25) is 0 Å². The first-order chi connectivity index (χ1) is 6.71. The van der Waals surface area contributed by atoms with Gasteiger partial charge >= 0.3 is 0 Å². The van der Waals surface area contributed by atoms with Crippen molar-refractivity contribution in [3.05, 3.63) is 12.7 Å². The van der Waals surface area contributed by atoms with E-state index in [1.807, 2.05) is 34.6 Å². The molecule has 0 heterocycles. The quantitative estimate of drug-likeness (QED) is 0.722. The minimum Gasteiger partial charge on any atom is -0.335 e. The molecular formula is C12H24N2O. The van der Waals surface area contributed by atoms with Gasteiger partial charge < -0.3 is 10.6 Å². The standard InChI is InChI=1S/C12H24N2O/c1-7-8-14(9(2)3)11(15)10(13)12(4,5)6/h7,9-10H,1,8,13H2,2-6H3/t10-/m1/s1. The molecule has 0 saturated carbocycles. The fourth-order valence-corrected chi connectivity index (χ4v) is 1.24. The van der Waals surface area contributed by atoms with Crippen LogP contribution in [0.5, 0.6) is 0 Å². The average Bonchev–Trinajstić information content (AvgIpc) is 2.09. The number of carbonyl (C=O) groups excluding carboxylic acids is 1. The van der Waals surface area contributed by atoms with Crippen LogP contribution in [0.25, 0.3) is 0 Å². The lowest BCUT2D eigenvalue weighted by atomic mass is 9.86. The zero-order valence-electron chi connectivity index (χ0n) is 10.6. The smallest absolute Gasteiger partial charge is 0.240 e. The Balaban J connectivity index is 4.71. The van der Waals surface area contributed by atoms with Crippen LogP contribution in [0.15, 0.2) is 12.7 Å². The maximum Gasteiger partial charge on any atom is 0.240 e. The van der Waals surface area contributed by atoms with E-state index in [4.69, 9.17) is 5.73 Å². The van der Waals surface area contributed by atoms with E-state index in [0.29, 0.717) is 6.54 Å². The van der Waals surface area contributed by atoms with Gasteiger partial charge in [0, 0.05) is 12.6 Å². The number of nitrogens with two attached hydrogens (primary N) is 1. The minimum absolute atomic E-state index is 0.00241. The Morgan fingerprint density at radius 3 is 2.20 bits per heavy atom. The Morgan fingerprint density at radius 1 is 1.47 bits per heavy atom. The van der Waals surface area contributed by atoms with Crippen molar-refractivity contribution in [1.29, 1.82) is 0 Å². The highest BCUT2D eigenvalue weighted by molar-refractivity contribution is 5.82. The zero-order chi connectivity index (χ0) is 12.2. The second-order valence-electron chi connectivity index (χ2n) is 5.22. The summed E-state index contributed by atoms with van der Waals surface area (Å²) in [5, 5.41) is 0. The summed E-state index contributed by atoms with van der Waals surface area (Å²) >= 11 is 0. The molecule has 0 aliphatic heterocycles. The third-order valence-electron chi connectivity index (χ3n) is 2.43. The lowest BCUT2D eigenvalue weighted by Crippen LogP contribution is -2.52. The van der Waals surface area contributed by atoms with Crippen molar-refractivity contribution < 1.29 is 4.79 Å². The highest BCUT2D eigenvalue weighted by Crippen LogP contribution is 2.19. The molecule has 0 rings (SSSR count). The molecule has 2 N–H and O–H groups in total. The molecule has 0 aromatic heterocycles. The summed E-state index contributed by atoms with van der Waals surface area (Å²) in [6.07, 6.45) is 1.73. The van der Waals surface area contributed by atoms with Crippen LogP contribution in [-0.2, 0) is 4.79 Å². The molecule has 3 nitrogen and oxygen atoms in total. The van der Waals surface area contributed by atoms with E-state index in [-0.39, 0.29) is 17.4 Å². The summed E-state index contributed by atoms with van der Waals surface area (Å²) in [7, 11) is 0. The molecule has 0 aliphatic carbocycles. The van der Waals surface area contributed by atoms with Crippen molar-refractivity contribution in [2.75, 3.05) is 6.54 Å². The maximum absolute atomic E-state index is 12.1. The normalized spacial score (nSPS) is 13.8. The zero-order valence-corrected chi connectivity index (χ0v) is 10.6. The van der Waals surface area contributed by atoms with Crippen LogP contribution in [0.3, 0.4) is 0 Å². The van der Waals surface area contributed by atoms with E-state index in [9.17, 15) is 4.79 Å². The van der Waals surface area contributed by atoms with Gasteiger partial charge in [0.15, 0.2) is 0 Å². The van der Waals surface area contributed by atoms with Crippen LogP contribution in [0, 0.1) is 5.41 Å². The molecule has 15 heavy (non-hydrogen) atoms. The van der Waals surface area contributed by atoms with Gasteiger partial charge in [-0.15, -0.1) is 6.58 Å². The summed E-state index contributed by atoms with van der Waals surface area (Å²) in [4.78, 5) is 13.8. The van der Waals surface area contributed by atoms with Gasteiger partial charge in [-0.1, -0.05) is 26.8 Å². The van der Waals surface area contributed by atoms with Crippen LogP contribution in [-0.4, -0.2) is 29.4 Å². The van der Waals surface area contributed by atoms with Gasteiger partial charge in [-0.2, -0.15) is 0 Å². The molecule has 0 spiro atoms. The highest BCUT2D eigenvalue weighted by atomic mass is 16.2. The van der Waals surface area contributed by atoms with Crippen molar-refractivity contribution in [2.24, 2.45) is 11.1 Å². The molecule has 0 bridgehead atoms. The Bertz CT molecular complexity index is 228. The lowest BCUT2D eigenvalue weighted by Gasteiger charge is -2.33. The summed E-state index contributed by atoms with van der Waals surface area (Å²) in [6.45, 7) is 14.1. The molecule has 0 aromatic rings. The van der Waals surface area contributed by atoms with Crippen LogP contribution in [0.1, 0.15) is 34.6 Å². The molecule has 0 aromatic carbocycles. The average molecular weight is 212 g/mol. The summed E-state index contributed by atoms with van der Waals surface area (Å²) in [6, 6.07) is -0.302. The summed E-state index contributed by atoms with van der Waals surface area (Å²) < 4.78 is 0. The second-order valence-corrected chi connectivity index (χ2v) is 5.22. The van der Waals surface area contributed by atoms with E-state index in [1.54, 1.807) is 11.0 Å². The van der Waals surface area contributed by atoms with Crippen LogP contribution < -0.4 is 5.73 Å².